The molecular formula is C17H33IN4O3. The number of ether oxygens (including phenoxy) is 1. The summed E-state index contributed by atoms with van der Waals surface area (Å²) in [6.45, 7) is 5.51. The summed E-state index contributed by atoms with van der Waals surface area (Å²) in [6.07, 6.45) is 6.63. The largest absolute Gasteiger partial charge is 0.469 e. The van der Waals surface area contributed by atoms with E-state index < -0.39 is 0 Å². The van der Waals surface area contributed by atoms with Crippen LogP contribution in [0.4, 0.5) is 0 Å². The van der Waals surface area contributed by atoms with E-state index in [1.165, 1.54) is 7.11 Å². The highest BCUT2D eigenvalue weighted by molar-refractivity contribution is 14.0. The van der Waals surface area contributed by atoms with Gasteiger partial charge in [0.15, 0.2) is 5.96 Å². The number of guanidine groups is 1. The van der Waals surface area contributed by atoms with E-state index in [1.54, 1.807) is 0 Å². The van der Waals surface area contributed by atoms with Crippen molar-refractivity contribution >= 4 is 41.8 Å². The van der Waals surface area contributed by atoms with Gasteiger partial charge in [-0.1, -0.05) is 12.8 Å². The Morgan fingerprint density at radius 2 is 1.76 bits per heavy atom. The minimum Gasteiger partial charge on any atom is -0.469 e. The van der Waals surface area contributed by atoms with Crippen molar-refractivity contribution < 1.29 is 14.3 Å². The normalized spacial score (nSPS) is 14.0. The Balaban J connectivity index is 0.00000576. The molecule has 0 aromatic rings. The standard InChI is InChI=1S/C17H32N4O3.HI/c1-3-18-17(20-14-15(22)21-12-8-9-13-21)19-11-7-5-4-6-10-16(23)24-2;/h3-14H2,1-2H3,(H2,18,19,20);1H. The van der Waals surface area contributed by atoms with Gasteiger partial charge in [0, 0.05) is 32.6 Å². The molecule has 2 N–H and O–H groups in total. The summed E-state index contributed by atoms with van der Waals surface area (Å²) in [7, 11) is 1.42. The number of aliphatic imine (C=N–C) groups is 1. The molecule has 0 saturated carbocycles. The van der Waals surface area contributed by atoms with Gasteiger partial charge in [0.2, 0.25) is 5.91 Å². The lowest BCUT2D eigenvalue weighted by atomic mass is 10.1. The topological polar surface area (TPSA) is 83.0 Å². The smallest absolute Gasteiger partial charge is 0.305 e. The first-order chi connectivity index (χ1) is 11.7. The highest BCUT2D eigenvalue weighted by Crippen LogP contribution is 2.07. The van der Waals surface area contributed by atoms with E-state index in [-0.39, 0.29) is 42.4 Å². The Morgan fingerprint density at radius 3 is 2.40 bits per heavy atom. The summed E-state index contributed by atoms with van der Waals surface area (Å²) >= 11 is 0. The second kappa shape index (κ2) is 15.2. The van der Waals surface area contributed by atoms with Crippen molar-refractivity contribution in [3.8, 4) is 0 Å². The number of likely N-dealkylation sites (tertiary alicyclic amines) is 1. The van der Waals surface area contributed by atoms with Gasteiger partial charge >= 0.3 is 5.97 Å². The molecule has 0 spiro atoms. The van der Waals surface area contributed by atoms with Crippen molar-refractivity contribution in [1.82, 2.24) is 15.5 Å². The lowest BCUT2D eigenvalue weighted by molar-refractivity contribution is -0.140. The van der Waals surface area contributed by atoms with E-state index in [2.05, 4.69) is 20.4 Å². The lowest BCUT2D eigenvalue weighted by Gasteiger charge is -2.15. The molecule has 7 nitrogen and oxygen atoms in total. The van der Waals surface area contributed by atoms with E-state index >= 15 is 0 Å². The average Bonchev–Trinajstić information content (AvgIpc) is 3.12. The molecule has 8 heteroatoms. The Bertz CT molecular complexity index is 413. The number of methoxy groups -OCH3 is 1. The molecule has 0 aromatic heterocycles. The van der Waals surface area contributed by atoms with Gasteiger partial charge < -0.3 is 20.3 Å². The molecule has 1 heterocycles. The number of hydrogen-bond donors (Lipinski definition) is 2. The van der Waals surface area contributed by atoms with Crippen LogP contribution in [0.2, 0.25) is 0 Å². The van der Waals surface area contributed by atoms with Gasteiger partial charge in [0.25, 0.3) is 0 Å². The number of amides is 1. The molecule has 1 rings (SSSR count). The number of carbonyl (C=O) groups is 2. The van der Waals surface area contributed by atoms with Gasteiger partial charge in [-0.15, -0.1) is 24.0 Å². The SMILES string of the molecule is CCNC(=NCC(=O)N1CCCC1)NCCCCCCC(=O)OC.I. The van der Waals surface area contributed by atoms with Crippen LogP contribution in [0.3, 0.4) is 0 Å². The third-order valence-corrected chi connectivity index (χ3v) is 4.00. The fraction of sp³-hybridized carbons (Fsp3) is 0.824. The molecular weight excluding hydrogens is 435 g/mol. The van der Waals surface area contributed by atoms with Crippen molar-refractivity contribution in [2.75, 3.05) is 39.8 Å². The quantitative estimate of drug-likeness (QED) is 0.168. The maximum atomic E-state index is 12.0. The molecule has 0 bridgehead atoms. The highest BCUT2D eigenvalue weighted by Gasteiger charge is 2.17. The minimum absolute atomic E-state index is 0. The number of halogens is 1. The van der Waals surface area contributed by atoms with Crippen molar-refractivity contribution in [3.63, 3.8) is 0 Å². The third kappa shape index (κ3) is 11.2. The van der Waals surface area contributed by atoms with Gasteiger partial charge in [0.1, 0.15) is 6.54 Å². The van der Waals surface area contributed by atoms with Crippen molar-refractivity contribution in [1.29, 1.82) is 0 Å². The van der Waals surface area contributed by atoms with Crippen LogP contribution in [0.1, 0.15) is 51.9 Å². The zero-order chi connectivity index (χ0) is 17.6. The molecule has 1 amide bonds. The maximum absolute atomic E-state index is 12.0. The summed E-state index contributed by atoms with van der Waals surface area (Å²) in [5.41, 5.74) is 0. The molecule has 1 fully saturated rings. The van der Waals surface area contributed by atoms with Crippen LogP contribution >= 0.6 is 24.0 Å². The summed E-state index contributed by atoms with van der Waals surface area (Å²) in [4.78, 5) is 29.3. The summed E-state index contributed by atoms with van der Waals surface area (Å²) < 4.78 is 4.61. The zero-order valence-corrected chi connectivity index (χ0v) is 17.8. The van der Waals surface area contributed by atoms with E-state index in [0.29, 0.717) is 12.4 Å². The molecule has 0 radical (unpaired) electrons. The second-order valence-corrected chi connectivity index (χ2v) is 5.95. The minimum atomic E-state index is -0.141. The molecule has 0 aromatic carbocycles. The summed E-state index contributed by atoms with van der Waals surface area (Å²) in [6, 6.07) is 0. The highest BCUT2D eigenvalue weighted by atomic mass is 127. The van der Waals surface area contributed by atoms with Crippen molar-refractivity contribution in [2.45, 2.75) is 51.9 Å². The van der Waals surface area contributed by atoms with Gasteiger partial charge in [0.05, 0.1) is 7.11 Å². The van der Waals surface area contributed by atoms with Crippen LogP contribution in [0.5, 0.6) is 0 Å². The van der Waals surface area contributed by atoms with Crippen LogP contribution in [-0.2, 0) is 14.3 Å². The molecule has 0 aliphatic carbocycles. The Kier molecular flexibility index (Phi) is 14.6. The number of nitrogens with zero attached hydrogens (tertiary/aromatic N) is 2. The number of nitrogens with one attached hydrogen (secondary N) is 2. The molecule has 1 aliphatic rings. The van der Waals surface area contributed by atoms with E-state index in [0.717, 1.165) is 64.7 Å². The number of esters is 1. The molecule has 1 aliphatic heterocycles. The predicted octanol–water partition coefficient (Wildman–Crippen LogP) is 1.91. The number of unbranched alkanes of at least 4 members (excludes halogenated alkanes) is 3. The third-order valence-electron chi connectivity index (χ3n) is 4.00. The average molecular weight is 468 g/mol. The Labute approximate surface area is 168 Å². The van der Waals surface area contributed by atoms with Crippen LogP contribution in [0.25, 0.3) is 0 Å². The monoisotopic (exact) mass is 468 g/mol. The molecule has 25 heavy (non-hydrogen) atoms. The van der Waals surface area contributed by atoms with Gasteiger partial charge in [-0.2, -0.15) is 0 Å². The van der Waals surface area contributed by atoms with Crippen LogP contribution in [0, 0.1) is 0 Å². The Morgan fingerprint density at radius 1 is 1.08 bits per heavy atom. The predicted molar refractivity (Wildman–Crippen MR) is 110 cm³/mol. The van der Waals surface area contributed by atoms with Crippen LogP contribution in [-0.4, -0.2) is 62.6 Å². The van der Waals surface area contributed by atoms with E-state index in [4.69, 9.17) is 0 Å². The van der Waals surface area contributed by atoms with Crippen molar-refractivity contribution in [2.24, 2.45) is 4.99 Å². The Hall–Kier alpha value is -1.06. The maximum Gasteiger partial charge on any atom is 0.305 e. The first-order valence-corrected chi connectivity index (χ1v) is 9.04. The molecule has 0 atom stereocenters. The number of hydrogen-bond acceptors (Lipinski definition) is 4. The first kappa shape index (κ1) is 23.9. The van der Waals surface area contributed by atoms with Gasteiger partial charge in [-0.25, -0.2) is 4.99 Å². The molecule has 146 valence electrons. The van der Waals surface area contributed by atoms with Gasteiger partial charge in [-0.3, -0.25) is 9.59 Å². The van der Waals surface area contributed by atoms with Crippen LogP contribution in [0.15, 0.2) is 4.99 Å². The number of carbonyl (C=O) groups excluding carboxylic acids is 2. The van der Waals surface area contributed by atoms with E-state index in [1.807, 2.05) is 11.8 Å². The lowest BCUT2D eigenvalue weighted by Crippen LogP contribution is -2.39. The summed E-state index contributed by atoms with van der Waals surface area (Å²) in [5.74, 6) is 0.657. The van der Waals surface area contributed by atoms with Crippen molar-refractivity contribution in [3.05, 3.63) is 0 Å². The van der Waals surface area contributed by atoms with Crippen LogP contribution < -0.4 is 10.6 Å². The van der Waals surface area contributed by atoms with E-state index in [9.17, 15) is 9.59 Å². The molecule has 1 saturated heterocycles. The zero-order valence-electron chi connectivity index (χ0n) is 15.5. The first-order valence-electron chi connectivity index (χ1n) is 9.04. The summed E-state index contributed by atoms with van der Waals surface area (Å²) in [5, 5.41) is 6.41. The fourth-order valence-corrected chi connectivity index (χ4v) is 2.61. The number of rotatable bonds is 10. The second-order valence-electron chi connectivity index (χ2n) is 5.95. The van der Waals surface area contributed by atoms with Gasteiger partial charge in [-0.05, 0) is 32.6 Å². The molecule has 0 unspecified atom stereocenters. The fourth-order valence-electron chi connectivity index (χ4n) is 2.61.